The Morgan fingerprint density at radius 3 is 2.62 bits per heavy atom. The number of fused-ring (bicyclic) bond motifs is 8. The van der Waals surface area contributed by atoms with Crippen molar-refractivity contribution >= 4 is 34.5 Å². The first-order valence-corrected chi connectivity index (χ1v) is 17.3. The summed E-state index contributed by atoms with van der Waals surface area (Å²) in [5.74, 6) is -0.575. The van der Waals surface area contributed by atoms with Gasteiger partial charge in [-0.2, -0.15) is 0 Å². The van der Waals surface area contributed by atoms with E-state index in [1.54, 1.807) is 21.9 Å². The number of H-pyrrole nitrogens is 1. The fourth-order valence-electron chi connectivity index (χ4n) is 6.93. The SMILES string of the molecule is O=C1CCC(C(=O)N2CCOc3c(cc4cc3OCCN(C(=O)CCc3c[nH]c5ccccc35)CCCCNC(=O)c3cc-4ccc3F)C2)N1. The molecule has 0 spiro atoms. The summed E-state index contributed by atoms with van der Waals surface area (Å²) < 4.78 is 27.5. The number of aromatic nitrogens is 1. The fraction of sp³-hybridized carbons (Fsp3) is 0.368. The van der Waals surface area contributed by atoms with E-state index in [9.17, 15) is 23.6 Å². The standard InChI is InChI=1S/C38H40FN5O6/c39-30-9-7-24-20-29(30)37(47)40-13-3-4-14-43(35(46)12-8-25-22-41-31-6-2-1-5-28(25)31)15-17-49-33-21-26(24)19-27-23-44(16-18-50-36(27)33)38(48)32-10-11-34(45)42-32/h1-2,5-7,9,19-22,32,41H,3-4,8,10-18,23H2,(H,40,47)(H,42,45). The van der Waals surface area contributed by atoms with Gasteiger partial charge < -0.3 is 34.9 Å². The van der Waals surface area contributed by atoms with Gasteiger partial charge in [-0.3, -0.25) is 19.2 Å². The Labute approximate surface area is 289 Å². The number of halogens is 1. The van der Waals surface area contributed by atoms with Gasteiger partial charge in [0.05, 0.1) is 18.7 Å². The van der Waals surface area contributed by atoms with Gasteiger partial charge in [-0.1, -0.05) is 24.3 Å². The van der Waals surface area contributed by atoms with E-state index in [1.807, 2.05) is 36.5 Å². The van der Waals surface area contributed by atoms with Crippen molar-refractivity contribution in [2.24, 2.45) is 0 Å². The molecule has 0 aliphatic carbocycles. The van der Waals surface area contributed by atoms with E-state index >= 15 is 0 Å². The van der Waals surface area contributed by atoms with Gasteiger partial charge in [0.25, 0.3) is 5.91 Å². The number of benzene rings is 3. The van der Waals surface area contributed by atoms with Crippen molar-refractivity contribution in [3.8, 4) is 22.6 Å². The molecule has 3 aliphatic heterocycles. The molecule has 11 nitrogen and oxygen atoms in total. The van der Waals surface area contributed by atoms with E-state index in [0.717, 1.165) is 16.5 Å². The molecule has 7 rings (SSSR count). The van der Waals surface area contributed by atoms with Gasteiger partial charge in [0.2, 0.25) is 17.7 Å². The highest BCUT2D eigenvalue weighted by atomic mass is 19.1. The Hall–Kier alpha value is -5.39. The van der Waals surface area contributed by atoms with Crippen molar-refractivity contribution in [2.45, 2.75) is 51.1 Å². The van der Waals surface area contributed by atoms with Crippen LogP contribution in [0.3, 0.4) is 0 Å². The molecule has 3 N–H and O–H groups in total. The van der Waals surface area contributed by atoms with Gasteiger partial charge in [0.15, 0.2) is 11.5 Å². The second kappa shape index (κ2) is 14.6. The molecule has 260 valence electrons. The van der Waals surface area contributed by atoms with Crippen LogP contribution in [0.1, 0.15) is 53.6 Å². The third kappa shape index (κ3) is 7.15. The van der Waals surface area contributed by atoms with Crippen molar-refractivity contribution in [3.63, 3.8) is 0 Å². The molecule has 1 fully saturated rings. The molecule has 4 amide bonds. The van der Waals surface area contributed by atoms with Gasteiger partial charge in [0.1, 0.15) is 25.1 Å². The lowest BCUT2D eigenvalue weighted by Crippen LogP contribution is -2.44. The molecule has 0 radical (unpaired) electrons. The van der Waals surface area contributed by atoms with Crippen LogP contribution in [0.15, 0.2) is 60.8 Å². The monoisotopic (exact) mass is 681 g/mol. The second-order valence-electron chi connectivity index (χ2n) is 13.0. The van der Waals surface area contributed by atoms with Gasteiger partial charge >= 0.3 is 0 Å². The first-order valence-electron chi connectivity index (χ1n) is 17.3. The summed E-state index contributed by atoms with van der Waals surface area (Å²) >= 11 is 0. The smallest absolute Gasteiger partial charge is 0.254 e. The first-order chi connectivity index (χ1) is 24.3. The fourth-order valence-corrected chi connectivity index (χ4v) is 6.93. The summed E-state index contributed by atoms with van der Waals surface area (Å²) in [6.07, 6.45) is 4.86. The third-order valence-electron chi connectivity index (χ3n) is 9.64. The quantitative estimate of drug-likeness (QED) is 0.294. The molecule has 4 bridgehead atoms. The van der Waals surface area contributed by atoms with Gasteiger partial charge in [-0.05, 0) is 72.7 Å². The zero-order valence-electron chi connectivity index (χ0n) is 27.8. The molecule has 1 atom stereocenters. The van der Waals surface area contributed by atoms with Crippen LogP contribution in [-0.2, 0) is 27.3 Å². The maximum atomic E-state index is 14.9. The van der Waals surface area contributed by atoms with E-state index in [4.69, 9.17) is 9.47 Å². The third-order valence-corrected chi connectivity index (χ3v) is 9.64. The molecular formula is C38H40FN5O6. The predicted molar refractivity (Wildman–Crippen MR) is 184 cm³/mol. The minimum Gasteiger partial charge on any atom is -0.488 e. The van der Waals surface area contributed by atoms with Crippen molar-refractivity contribution in [1.82, 2.24) is 25.4 Å². The number of aromatic amines is 1. The number of hydrogen-bond acceptors (Lipinski definition) is 6. The summed E-state index contributed by atoms with van der Waals surface area (Å²) in [6, 6.07) is 15.5. The largest absolute Gasteiger partial charge is 0.488 e. The first kappa shape index (κ1) is 33.1. The van der Waals surface area contributed by atoms with Crippen LogP contribution in [0, 0.1) is 5.82 Å². The number of ether oxygens (including phenoxy) is 2. The number of aryl methyl sites for hydroxylation is 1. The predicted octanol–water partition coefficient (Wildman–Crippen LogP) is 4.34. The molecule has 3 aliphatic rings. The van der Waals surface area contributed by atoms with Crippen molar-refractivity contribution in [1.29, 1.82) is 0 Å². The summed E-state index contributed by atoms with van der Waals surface area (Å²) in [6.45, 7) is 2.08. The van der Waals surface area contributed by atoms with E-state index in [2.05, 4.69) is 15.6 Å². The number of carbonyl (C=O) groups excluding carboxylic acids is 4. The summed E-state index contributed by atoms with van der Waals surface area (Å²) in [7, 11) is 0. The Morgan fingerprint density at radius 1 is 0.920 bits per heavy atom. The average Bonchev–Trinajstić information content (AvgIpc) is 3.68. The summed E-state index contributed by atoms with van der Waals surface area (Å²) in [5, 5.41) is 6.68. The highest BCUT2D eigenvalue weighted by molar-refractivity contribution is 5.96. The number of carbonyl (C=O) groups is 4. The Bertz CT molecular complexity index is 1940. The normalized spacial score (nSPS) is 18.4. The minimum absolute atomic E-state index is 0.00179. The van der Waals surface area contributed by atoms with Crippen LogP contribution >= 0.6 is 0 Å². The van der Waals surface area contributed by atoms with Gasteiger partial charge in [-0.25, -0.2) is 4.39 Å². The molecule has 1 unspecified atom stereocenters. The number of amides is 4. The molecule has 1 aromatic heterocycles. The number of nitrogens with zero attached hydrogens (tertiary/aromatic N) is 2. The zero-order valence-corrected chi connectivity index (χ0v) is 27.8. The minimum atomic E-state index is -0.635. The van der Waals surface area contributed by atoms with Gasteiger partial charge in [0, 0.05) is 55.1 Å². The van der Waals surface area contributed by atoms with Crippen LogP contribution in [0.25, 0.3) is 22.0 Å². The average molecular weight is 682 g/mol. The molecule has 50 heavy (non-hydrogen) atoms. The van der Waals surface area contributed by atoms with Crippen molar-refractivity contribution in [3.05, 3.63) is 83.3 Å². The lowest BCUT2D eigenvalue weighted by atomic mass is 9.99. The topological polar surface area (TPSA) is 133 Å². The number of nitrogens with one attached hydrogen (secondary N) is 3. The summed E-state index contributed by atoms with van der Waals surface area (Å²) in [4.78, 5) is 58.7. The molecule has 0 saturated carbocycles. The van der Waals surface area contributed by atoms with E-state index < -0.39 is 17.8 Å². The Morgan fingerprint density at radius 2 is 1.76 bits per heavy atom. The van der Waals surface area contributed by atoms with Crippen LogP contribution < -0.4 is 20.1 Å². The highest BCUT2D eigenvalue weighted by Crippen LogP contribution is 2.39. The van der Waals surface area contributed by atoms with Crippen LogP contribution in [-0.4, -0.2) is 83.8 Å². The van der Waals surface area contributed by atoms with Crippen LogP contribution in [0.4, 0.5) is 4.39 Å². The van der Waals surface area contributed by atoms with Crippen molar-refractivity contribution < 1.29 is 33.0 Å². The summed E-state index contributed by atoms with van der Waals surface area (Å²) in [5.41, 5.74) is 3.95. The lowest BCUT2D eigenvalue weighted by molar-refractivity contribution is -0.135. The number of para-hydroxylation sites is 1. The Balaban J connectivity index is 1.16. The number of hydrogen-bond donors (Lipinski definition) is 3. The molecule has 1 saturated heterocycles. The molecular weight excluding hydrogens is 641 g/mol. The van der Waals surface area contributed by atoms with Crippen LogP contribution in [0.2, 0.25) is 0 Å². The van der Waals surface area contributed by atoms with Crippen LogP contribution in [0.5, 0.6) is 11.5 Å². The molecule has 12 heteroatoms. The zero-order chi connectivity index (χ0) is 34.6. The maximum Gasteiger partial charge on any atom is 0.254 e. The highest BCUT2D eigenvalue weighted by Gasteiger charge is 2.33. The van der Waals surface area contributed by atoms with Crippen molar-refractivity contribution in [2.75, 3.05) is 39.4 Å². The van der Waals surface area contributed by atoms with E-state index in [-0.39, 0.29) is 43.0 Å². The Kier molecular flexibility index (Phi) is 9.68. The van der Waals surface area contributed by atoms with E-state index in [0.29, 0.717) is 92.9 Å². The molecule has 3 aromatic carbocycles. The molecule has 4 heterocycles. The lowest BCUT2D eigenvalue weighted by Gasteiger charge is -2.24. The molecule has 4 aromatic rings. The maximum absolute atomic E-state index is 14.9. The number of rotatable bonds is 4. The second-order valence-corrected chi connectivity index (χ2v) is 13.0. The van der Waals surface area contributed by atoms with E-state index in [1.165, 1.54) is 12.1 Å². The van der Waals surface area contributed by atoms with Gasteiger partial charge in [-0.15, -0.1) is 0 Å².